The van der Waals surface area contributed by atoms with E-state index in [-0.39, 0.29) is 28.3 Å². The Morgan fingerprint density at radius 1 is 0.700 bits per heavy atom. The lowest BCUT2D eigenvalue weighted by Crippen LogP contribution is -2.22. The topological polar surface area (TPSA) is 123 Å². The first-order valence-electron chi connectivity index (χ1n) is 8.89. The second kappa shape index (κ2) is 9.65. The van der Waals surface area contributed by atoms with Gasteiger partial charge in [-0.25, -0.2) is 10.9 Å². The van der Waals surface area contributed by atoms with Gasteiger partial charge >= 0.3 is 0 Å². The lowest BCUT2D eigenvalue weighted by atomic mass is 10.1. The first-order valence-corrected chi connectivity index (χ1v) is 8.89. The maximum absolute atomic E-state index is 12.3. The van der Waals surface area contributed by atoms with Gasteiger partial charge in [0, 0.05) is 5.56 Å². The Labute approximate surface area is 172 Å². The van der Waals surface area contributed by atoms with Crippen LogP contribution in [0.15, 0.2) is 89.1 Å². The summed E-state index contributed by atoms with van der Waals surface area (Å²) in [5, 5.41) is 27.5. The van der Waals surface area contributed by atoms with E-state index < -0.39 is 11.8 Å². The second-order valence-electron chi connectivity index (χ2n) is 6.04. The van der Waals surface area contributed by atoms with Gasteiger partial charge in [0.1, 0.15) is 17.2 Å². The van der Waals surface area contributed by atoms with Gasteiger partial charge in [0.15, 0.2) is 0 Å². The summed E-state index contributed by atoms with van der Waals surface area (Å²) in [6, 6.07) is 21.0. The molecule has 8 nitrogen and oxygen atoms in total. The number of carbonyl (C=O) groups excluding carboxylic acids is 2. The average molecular weight is 402 g/mol. The Morgan fingerprint density at radius 3 is 1.77 bits per heavy atom. The third kappa shape index (κ3) is 5.08. The minimum absolute atomic E-state index is 0.0680. The fraction of sp³-hybridized carbons (Fsp3) is 0. The first-order chi connectivity index (χ1) is 14.6. The van der Waals surface area contributed by atoms with Crippen molar-refractivity contribution in [3.05, 3.63) is 95.6 Å². The number of carbonyl (C=O) groups is 2. The molecule has 0 saturated carbocycles. The molecule has 150 valence electrons. The number of para-hydroxylation sites is 2. The van der Waals surface area contributed by atoms with Gasteiger partial charge in [0.05, 0.1) is 17.3 Å². The van der Waals surface area contributed by atoms with E-state index in [0.717, 1.165) is 0 Å². The second-order valence-corrected chi connectivity index (χ2v) is 6.04. The van der Waals surface area contributed by atoms with Crippen molar-refractivity contribution >= 4 is 23.7 Å². The van der Waals surface area contributed by atoms with Crippen molar-refractivity contribution in [2.75, 3.05) is 0 Å². The number of hydrogen-bond acceptors (Lipinski definition) is 6. The standard InChI is InChI=1S/C22H18N4O4/c27-19-12-6-4-10-16(19)21(29)25-23-14-18(15-8-2-1-3-9-15)24-26-22(30)17-11-5-7-13-20(17)28/h1-14,27-28H,(H,25,29)(H,26,30)/b23-14+,24-18+. The molecule has 8 heteroatoms. The van der Waals surface area contributed by atoms with Crippen LogP contribution in [0.2, 0.25) is 0 Å². The van der Waals surface area contributed by atoms with Crippen molar-refractivity contribution in [2.45, 2.75) is 0 Å². The number of nitrogens with zero attached hydrogens (tertiary/aromatic N) is 2. The summed E-state index contributed by atoms with van der Waals surface area (Å²) < 4.78 is 0. The maximum Gasteiger partial charge on any atom is 0.275 e. The number of hydrazone groups is 2. The highest BCUT2D eigenvalue weighted by atomic mass is 16.3. The molecule has 30 heavy (non-hydrogen) atoms. The molecule has 0 unspecified atom stereocenters. The molecule has 2 amide bonds. The van der Waals surface area contributed by atoms with Crippen LogP contribution < -0.4 is 10.9 Å². The predicted octanol–water partition coefficient (Wildman–Crippen LogP) is 2.65. The summed E-state index contributed by atoms with van der Waals surface area (Å²) in [5.74, 6) is -1.55. The Hall–Kier alpha value is -4.46. The van der Waals surface area contributed by atoms with Crippen LogP contribution in [-0.2, 0) is 0 Å². The van der Waals surface area contributed by atoms with Crippen molar-refractivity contribution in [3.8, 4) is 11.5 Å². The fourth-order valence-electron chi connectivity index (χ4n) is 2.49. The molecule has 0 atom stereocenters. The van der Waals surface area contributed by atoms with Gasteiger partial charge in [-0.3, -0.25) is 9.59 Å². The van der Waals surface area contributed by atoms with Crippen LogP contribution in [0.25, 0.3) is 0 Å². The number of hydrogen-bond donors (Lipinski definition) is 4. The molecule has 3 aromatic rings. The molecular formula is C22H18N4O4. The van der Waals surface area contributed by atoms with E-state index in [1.54, 1.807) is 48.5 Å². The molecule has 4 N–H and O–H groups in total. The minimum Gasteiger partial charge on any atom is -0.507 e. The molecule has 0 fully saturated rings. The Morgan fingerprint density at radius 2 is 1.20 bits per heavy atom. The minimum atomic E-state index is -0.604. The van der Waals surface area contributed by atoms with E-state index in [1.165, 1.54) is 30.5 Å². The summed E-state index contributed by atoms with van der Waals surface area (Å²) in [5.41, 5.74) is 5.70. The Bertz CT molecular complexity index is 1110. The smallest absolute Gasteiger partial charge is 0.275 e. The third-order valence-electron chi connectivity index (χ3n) is 4.00. The Balaban J connectivity index is 1.78. The third-order valence-corrected chi connectivity index (χ3v) is 4.00. The van der Waals surface area contributed by atoms with Gasteiger partial charge in [-0.1, -0.05) is 54.6 Å². The highest BCUT2D eigenvalue weighted by Gasteiger charge is 2.11. The van der Waals surface area contributed by atoms with Gasteiger partial charge in [-0.05, 0) is 24.3 Å². The molecule has 0 aromatic heterocycles. The van der Waals surface area contributed by atoms with Gasteiger partial charge in [0.2, 0.25) is 0 Å². The fourth-order valence-corrected chi connectivity index (χ4v) is 2.49. The number of aromatic hydroxyl groups is 2. The summed E-state index contributed by atoms with van der Waals surface area (Å²) in [6.07, 6.45) is 1.26. The number of phenolic OH excluding ortho intramolecular Hbond substituents is 2. The Kier molecular flexibility index (Phi) is 6.52. The summed E-state index contributed by atoms with van der Waals surface area (Å²) in [6.45, 7) is 0. The van der Waals surface area contributed by atoms with E-state index in [4.69, 9.17) is 0 Å². The van der Waals surface area contributed by atoms with Crippen LogP contribution in [-0.4, -0.2) is 34.0 Å². The van der Waals surface area contributed by atoms with Crippen LogP contribution in [0.3, 0.4) is 0 Å². The number of nitrogens with one attached hydrogen (secondary N) is 2. The number of rotatable bonds is 6. The van der Waals surface area contributed by atoms with Gasteiger partial charge in [0.25, 0.3) is 11.8 Å². The first kappa shape index (κ1) is 20.3. The number of amides is 2. The lowest BCUT2D eigenvalue weighted by molar-refractivity contribution is 0.0943. The van der Waals surface area contributed by atoms with Crippen molar-refractivity contribution in [1.29, 1.82) is 0 Å². The van der Waals surface area contributed by atoms with Gasteiger partial charge in [-0.15, -0.1) is 0 Å². The van der Waals surface area contributed by atoms with Crippen molar-refractivity contribution < 1.29 is 19.8 Å². The van der Waals surface area contributed by atoms with Gasteiger partial charge < -0.3 is 10.2 Å². The SMILES string of the molecule is O=C(N/N=C(\C=N\NC(=O)c1ccccc1O)c1ccccc1)c1ccccc1O. The molecule has 0 aliphatic rings. The normalized spacial score (nSPS) is 11.3. The highest BCUT2D eigenvalue weighted by Crippen LogP contribution is 2.16. The monoisotopic (exact) mass is 402 g/mol. The quantitative estimate of drug-likeness (QED) is 0.374. The maximum atomic E-state index is 12.3. The summed E-state index contributed by atoms with van der Waals surface area (Å²) >= 11 is 0. The van der Waals surface area contributed by atoms with E-state index in [1.807, 2.05) is 6.07 Å². The molecule has 0 spiro atoms. The largest absolute Gasteiger partial charge is 0.507 e. The molecular weight excluding hydrogens is 384 g/mol. The van der Waals surface area contributed by atoms with E-state index >= 15 is 0 Å². The molecule has 0 saturated heterocycles. The summed E-state index contributed by atoms with van der Waals surface area (Å²) in [4.78, 5) is 24.4. The number of benzene rings is 3. The van der Waals surface area contributed by atoms with Crippen LogP contribution >= 0.6 is 0 Å². The predicted molar refractivity (Wildman–Crippen MR) is 113 cm³/mol. The van der Waals surface area contributed by atoms with Crippen molar-refractivity contribution in [2.24, 2.45) is 10.2 Å². The van der Waals surface area contributed by atoms with E-state index in [2.05, 4.69) is 21.1 Å². The van der Waals surface area contributed by atoms with Crippen LogP contribution in [0.1, 0.15) is 26.3 Å². The summed E-state index contributed by atoms with van der Waals surface area (Å²) in [7, 11) is 0. The molecule has 0 aliphatic carbocycles. The zero-order valence-corrected chi connectivity index (χ0v) is 15.7. The molecule has 0 bridgehead atoms. The molecule has 0 radical (unpaired) electrons. The van der Waals surface area contributed by atoms with Gasteiger partial charge in [-0.2, -0.15) is 10.2 Å². The van der Waals surface area contributed by atoms with Crippen LogP contribution in [0.5, 0.6) is 11.5 Å². The molecule has 0 heterocycles. The zero-order chi connectivity index (χ0) is 21.3. The van der Waals surface area contributed by atoms with E-state index in [9.17, 15) is 19.8 Å². The number of phenols is 2. The van der Waals surface area contributed by atoms with E-state index in [0.29, 0.717) is 5.56 Å². The molecule has 0 aliphatic heterocycles. The highest BCUT2D eigenvalue weighted by molar-refractivity contribution is 6.38. The average Bonchev–Trinajstić information content (AvgIpc) is 2.77. The lowest BCUT2D eigenvalue weighted by Gasteiger charge is -2.05. The molecule has 3 rings (SSSR count). The zero-order valence-electron chi connectivity index (χ0n) is 15.7. The van der Waals surface area contributed by atoms with Crippen LogP contribution in [0, 0.1) is 0 Å². The molecule has 3 aromatic carbocycles. The van der Waals surface area contributed by atoms with Crippen molar-refractivity contribution in [1.82, 2.24) is 10.9 Å². The van der Waals surface area contributed by atoms with Crippen LogP contribution in [0.4, 0.5) is 0 Å². The van der Waals surface area contributed by atoms with Crippen molar-refractivity contribution in [3.63, 3.8) is 0 Å².